The normalized spacial score (nSPS) is 17.2. The molecule has 1 aliphatic rings. The van der Waals surface area contributed by atoms with Gasteiger partial charge in [0.15, 0.2) is 0 Å². The maximum Gasteiger partial charge on any atom is 0.321 e. The summed E-state index contributed by atoms with van der Waals surface area (Å²) in [4.78, 5) is 25.8. The molecule has 28 heavy (non-hydrogen) atoms. The van der Waals surface area contributed by atoms with Gasteiger partial charge < -0.3 is 14.8 Å². The number of pyridine rings is 1. The van der Waals surface area contributed by atoms with Gasteiger partial charge in [-0.1, -0.05) is 18.2 Å². The van der Waals surface area contributed by atoms with Crippen LogP contribution in [-0.4, -0.2) is 42.3 Å². The van der Waals surface area contributed by atoms with E-state index in [-0.39, 0.29) is 18.1 Å². The van der Waals surface area contributed by atoms with E-state index in [1.807, 2.05) is 13.0 Å². The highest BCUT2D eigenvalue weighted by molar-refractivity contribution is 7.93. The van der Waals surface area contributed by atoms with Gasteiger partial charge in [-0.25, -0.2) is 13.2 Å². The van der Waals surface area contributed by atoms with Crippen LogP contribution >= 0.6 is 0 Å². The molecule has 0 unspecified atom stereocenters. The molecule has 0 radical (unpaired) electrons. The Hall–Kier alpha value is -2.81. The van der Waals surface area contributed by atoms with Crippen LogP contribution in [0.15, 0.2) is 53.5 Å². The van der Waals surface area contributed by atoms with E-state index in [0.29, 0.717) is 37.3 Å². The Morgan fingerprint density at radius 1 is 1.14 bits per heavy atom. The van der Waals surface area contributed by atoms with Gasteiger partial charge in [0.25, 0.3) is 5.56 Å². The number of aryl methyl sites for hydroxylation is 1. The van der Waals surface area contributed by atoms with Crippen LogP contribution in [0.25, 0.3) is 0 Å². The fourth-order valence-electron chi connectivity index (χ4n) is 3.18. The van der Waals surface area contributed by atoms with Crippen molar-refractivity contribution in [2.45, 2.75) is 31.6 Å². The largest absolute Gasteiger partial charge is 0.323 e. The van der Waals surface area contributed by atoms with E-state index in [9.17, 15) is 18.0 Å². The molecule has 2 heterocycles. The molecule has 1 fully saturated rings. The molecule has 9 heteroatoms. The van der Waals surface area contributed by atoms with E-state index >= 15 is 0 Å². The van der Waals surface area contributed by atoms with Crippen molar-refractivity contribution < 1.29 is 13.2 Å². The van der Waals surface area contributed by atoms with E-state index in [4.69, 9.17) is 0 Å². The second-order valence-electron chi connectivity index (χ2n) is 6.70. The second kappa shape index (κ2) is 8.47. The van der Waals surface area contributed by atoms with Crippen LogP contribution in [-0.2, 0) is 16.6 Å². The smallest absolute Gasteiger partial charge is 0.321 e. The highest BCUT2D eigenvalue weighted by Gasteiger charge is 2.32. The molecule has 2 aromatic rings. The molecule has 1 aliphatic heterocycles. The first-order valence-electron chi connectivity index (χ1n) is 9.22. The van der Waals surface area contributed by atoms with E-state index in [1.165, 1.54) is 15.5 Å². The number of likely N-dealkylation sites (tertiary alicyclic amines) is 1. The zero-order chi connectivity index (χ0) is 20.1. The number of hydrogen-bond acceptors (Lipinski definition) is 4. The number of urea groups is 1. The number of piperidine rings is 1. The van der Waals surface area contributed by atoms with Gasteiger partial charge >= 0.3 is 6.03 Å². The number of carbonyl (C=O) groups excluding carboxylic acids is 1. The summed E-state index contributed by atoms with van der Waals surface area (Å²) in [5.74, 6) is 0. The lowest BCUT2D eigenvalue weighted by Gasteiger charge is -2.32. The molecule has 2 amide bonds. The molecule has 8 nitrogen and oxygen atoms in total. The van der Waals surface area contributed by atoms with Crippen molar-refractivity contribution in [2.75, 3.05) is 23.1 Å². The minimum absolute atomic E-state index is 0.113. The molecule has 0 aliphatic carbocycles. The highest BCUT2D eigenvalue weighted by atomic mass is 32.2. The van der Waals surface area contributed by atoms with Crippen molar-refractivity contribution in [2.24, 2.45) is 0 Å². The molecule has 0 spiro atoms. The number of amides is 2. The van der Waals surface area contributed by atoms with Gasteiger partial charge in [-0.3, -0.25) is 9.52 Å². The van der Waals surface area contributed by atoms with Crippen molar-refractivity contribution in [3.05, 3.63) is 59.0 Å². The fourth-order valence-corrected chi connectivity index (χ4v) is 4.67. The van der Waals surface area contributed by atoms with Crippen molar-refractivity contribution in [3.8, 4) is 0 Å². The number of hydrogen-bond donors (Lipinski definition) is 2. The quantitative estimate of drug-likeness (QED) is 0.798. The lowest BCUT2D eigenvalue weighted by molar-refractivity contribution is 0.200. The molecular formula is C19H24N4O4S. The number of aromatic nitrogens is 1. The van der Waals surface area contributed by atoms with E-state index in [2.05, 4.69) is 10.0 Å². The maximum absolute atomic E-state index is 12.7. The Bertz CT molecular complexity index is 988. The van der Waals surface area contributed by atoms with Crippen molar-refractivity contribution in [1.82, 2.24) is 9.47 Å². The molecule has 1 aromatic carbocycles. The third-order valence-electron chi connectivity index (χ3n) is 4.71. The highest BCUT2D eigenvalue weighted by Crippen LogP contribution is 2.20. The predicted molar refractivity (Wildman–Crippen MR) is 109 cm³/mol. The van der Waals surface area contributed by atoms with Crippen LogP contribution < -0.4 is 15.6 Å². The summed E-state index contributed by atoms with van der Waals surface area (Å²) >= 11 is 0. The van der Waals surface area contributed by atoms with Crippen molar-refractivity contribution in [1.29, 1.82) is 0 Å². The molecule has 1 saturated heterocycles. The average Bonchev–Trinajstić information content (AvgIpc) is 2.70. The summed E-state index contributed by atoms with van der Waals surface area (Å²) in [6.45, 7) is 2.93. The van der Waals surface area contributed by atoms with E-state index in [0.717, 1.165) is 0 Å². The Balaban J connectivity index is 1.67. The van der Waals surface area contributed by atoms with Crippen LogP contribution in [0.5, 0.6) is 0 Å². The Kier molecular flexibility index (Phi) is 6.03. The van der Waals surface area contributed by atoms with Gasteiger partial charge in [0.05, 0.1) is 10.9 Å². The van der Waals surface area contributed by atoms with Crippen LogP contribution in [0.1, 0.15) is 19.8 Å². The zero-order valence-electron chi connectivity index (χ0n) is 15.7. The molecule has 1 aromatic heterocycles. The number of nitrogens with zero attached hydrogens (tertiary/aromatic N) is 2. The third kappa shape index (κ3) is 4.72. The minimum Gasteiger partial charge on any atom is -0.323 e. The first kappa shape index (κ1) is 19.9. The van der Waals surface area contributed by atoms with Gasteiger partial charge in [0, 0.05) is 37.6 Å². The Labute approximate surface area is 164 Å². The van der Waals surface area contributed by atoms with E-state index < -0.39 is 15.3 Å². The Morgan fingerprint density at radius 3 is 2.61 bits per heavy atom. The van der Waals surface area contributed by atoms with Crippen LogP contribution in [0.3, 0.4) is 0 Å². The number of para-hydroxylation sites is 1. The van der Waals surface area contributed by atoms with Crippen LogP contribution in [0.4, 0.5) is 16.2 Å². The summed E-state index contributed by atoms with van der Waals surface area (Å²) in [5.41, 5.74) is 0.862. The molecule has 0 saturated carbocycles. The minimum atomic E-state index is -3.61. The van der Waals surface area contributed by atoms with Crippen molar-refractivity contribution in [3.63, 3.8) is 0 Å². The summed E-state index contributed by atoms with van der Waals surface area (Å²) in [6, 6.07) is 11.3. The number of benzene rings is 1. The van der Waals surface area contributed by atoms with E-state index in [1.54, 1.807) is 36.5 Å². The number of rotatable bonds is 5. The summed E-state index contributed by atoms with van der Waals surface area (Å²) in [5, 5.41) is 2.06. The second-order valence-corrected chi connectivity index (χ2v) is 8.66. The first-order valence-corrected chi connectivity index (χ1v) is 10.8. The molecule has 150 valence electrons. The molecule has 2 N–H and O–H groups in total. The lowest BCUT2D eigenvalue weighted by Crippen LogP contribution is -2.48. The first-order chi connectivity index (χ1) is 13.4. The number of carbonyl (C=O) groups is 1. The SMILES string of the molecule is CCn1cc(NC(=O)N2CCC[C@@H](S(=O)(=O)Nc3ccccc3)C2)ccc1=O. The average molecular weight is 404 g/mol. The summed E-state index contributed by atoms with van der Waals surface area (Å²) < 4.78 is 29.5. The van der Waals surface area contributed by atoms with Crippen molar-refractivity contribution >= 4 is 27.4 Å². The third-order valence-corrected chi connectivity index (χ3v) is 6.50. The summed E-state index contributed by atoms with van der Waals surface area (Å²) in [6.07, 6.45) is 2.67. The fraction of sp³-hybridized carbons (Fsp3) is 0.368. The molecule has 0 bridgehead atoms. The zero-order valence-corrected chi connectivity index (χ0v) is 16.5. The Morgan fingerprint density at radius 2 is 1.89 bits per heavy atom. The lowest BCUT2D eigenvalue weighted by atomic mass is 10.1. The monoisotopic (exact) mass is 404 g/mol. The molecular weight excluding hydrogens is 380 g/mol. The van der Waals surface area contributed by atoms with Gasteiger partial charge in [-0.15, -0.1) is 0 Å². The molecule has 3 rings (SSSR count). The standard InChI is InChI=1S/C19H24N4O4S/c1-2-22-13-16(10-11-18(22)24)20-19(25)23-12-6-9-17(14-23)28(26,27)21-15-7-4-3-5-8-15/h3-5,7-8,10-11,13,17,21H,2,6,9,12,14H2,1H3,(H,20,25)/t17-/m1/s1. The maximum atomic E-state index is 12.7. The van der Waals surface area contributed by atoms with Gasteiger partial charge in [-0.05, 0) is 38.0 Å². The topological polar surface area (TPSA) is 101 Å². The van der Waals surface area contributed by atoms with Crippen LogP contribution in [0, 0.1) is 0 Å². The summed E-state index contributed by atoms with van der Waals surface area (Å²) in [7, 11) is -3.61. The van der Waals surface area contributed by atoms with Crippen LogP contribution in [0.2, 0.25) is 0 Å². The van der Waals surface area contributed by atoms with Gasteiger partial charge in [0.2, 0.25) is 10.0 Å². The number of anilines is 2. The number of sulfonamides is 1. The predicted octanol–water partition coefficient (Wildman–Crippen LogP) is 2.31. The molecule has 1 atom stereocenters. The number of nitrogens with one attached hydrogen (secondary N) is 2. The van der Waals surface area contributed by atoms with Gasteiger partial charge in [0.1, 0.15) is 0 Å². The van der Waals surface area contributed by atoms with Gasteiger partial charge in [-0.2, -0.15) is 0 Å².